The highest BCUT2D eigenvalue weighted by Gasteiger charge is 1.95. The van der Waals surface area contributed by atoms with Crippen LogP contribution in [0.2, 0.25) is 0 Å². The van der Waals surface area contributed by atoms with Gasteiger partial charge in [-0.15, -0.1) is 0 Å². The Morgan fingerprint density at radius 1 is 0.538 bits per heavy atom. The first kappa shape index (κ1) is 18.7. The van der Waals surface area contributed by atoms with Crippen molar-refractivity contribution in [3.63, 3.8) is 0 Å². The van der Waals surface area contributed by atoms with Gasteiger partial charge in [0.15, 0.2) is 0 Å². The molecule has 0 radical (unpaired) electrons. The molecule has 0 nitrogen and oxygen atoms in total. The molecule has 0 aromatic heterocycles. The largest absolute Gasteiger partial charge is 0.0654 e. The predicted molar refractivity (Wildman–Crippen MR) is 66.3 cm³/mol. The molecule has 0 saturated carbocycles. The van der Waals surface area contributed by atoms with E-state index in [1.54, 1.807) is 0 Å². The Labute approximate surface area is 87.1 Å². The lowest BCUT2D eigenvalue weighted by atomic mass is 10.0. The van der Waals surface area contributed by atoms with E-state index in [0.717, 1.165) is 0 Å². The third-order valence-electron chi connectivity index (χ3n) is 1.000. The summed E-state index contributed by atoms with van der Waals surface area (Å²) in [6.07, 6.45) is 5.28. The molecule has 0 N–H and O–H groups in total. The quantitative estimate of drug-likeness (QED) is 0.524. The van der Waals surface area contributed by atoms with Crippen LogP contribution in [0.15, 0.2) is 0 Å². The van der Waals surface area contributed by atoms with Gasteiger partial charge in [-0.1, -0.05) is 81.1 Å². The van der Waals surface area contributed by atoms with Crippen molar-refractivity contribution in [1.29, 1.82) is 0 Å². The molecule has 84 valence electrons. The molecule has 0 atom stereocenters. The molecule has 0 aromatic carbocycles. The van der Waals surface area contributed by atoms with Gasteiger partial charge in [-0.05, 0) is 5.41 Å². The molecule has 0 aromatic rings. The molecule has 0 aliphatic heterocycles. The van der Waals surface area contributed by atoms with Gasteiger partial charge >= 0.3 is 0 Å². The smallest absolute Gasteiger partial charge is 0.0411 e. The highest BCUT2D eigenvalue weighted by molar-refractivity contribution is 4.47. The van der Waals surface area contributed by atoms with Crippen molar-refractivity contribution in [3.05, 3.63) is 0 Å². The molecule has 0 rings (SSSR count). The number of rotatable bonds is 2. The molecular formula is C13H32. The van der Waals surface area contributed by atoms with E-state index in [-0.39, 0.29) is 0 Å². The minimum Gasteiger partial charge on any atom is -0.0654 e. The van der Waals surface area contributed by atoms with Crippen LogP contribution in [0.5, 0.6) is 0 Å². The summed E-state index contributed by atoms with van der Waals surface area (Å²) >= 11 is 0. The van der Waals surface area contributed by atoms with E-state index in [9.17, 15) is 0 Å². The molecule has 0 saturated heterocycles. The van der Waals surface area contributed by atoms with E-state index in [2.05, 4.69) is 55.4 Å². The van der Waals surface area contributed by atoms with Gasteiger partial charge in [0.05, 0.1) is 0 Å². The minimum absolute atomic E-state index is 0.500. The van der Waals surface area contributed by atoms with Crippen LogP contribution < -0.4 is 0 Å². The number of hydrogen-bond acceptors (Lipinski definition) is 0. The highest BCUT2D eigenvalue weighted by Crippen LogP contribution is 2.08. The van der Waals surface area contributed by atoms with E-state index >= 15 is 0 Å². The lowest BCUT2D eigenvalue weighted by Crippen LogP contribution is -1.93. The molecule has 0 spiro atoms. The maximum absolute atomic E-state index is 2.19. The summed E-state index contributed by atoms with van der Waals surface area (Å²) in [7, 11) is 0. The zero-order valence-electron chi connectivity index (χ0n) is 11.3. The Balaban J connectivity index is -0.000000117. The van der Waals surface area contributed by atoms with Crippen LogP contribution in [0.25, 0.3) is 0 Å². The first-order valence-corrected chi connectivity index (χ1v) is 5.83. The van der Waals surface area contributed by atoms with Crippen molar-refractivity contribution < 1.29 is 0 Å². The van der Waals surface area contributed by atoms with Gasteiger partial charge in [-0.3, -0.25) is 0 Å². The Bertz CT molecular complexity index is 42.9. The van der Waals surface area contributed by atoms with E-state index < -0.39 is 0 Å². The van der Waals surface area contributed by atoms with Gasteiger partial charge in [-0.2, -0.15) is 0 Å². The lowest BCUT2D eigenvalue weighted by Gasteiger charge is -2.05. The Kier molecular flexibility index (Phi) is 20.9. The summed E-state index contributed by atoms with van der Waals surface area (Å²) in [5, 5.41) is 0. The van der Waals surface area contributed by atoms with Crippen molar-refractivity contribution in [2.24, 2.45) is 5.41 Å². The average Bonchev–Trinajstić information content (AvgIpc) is 2.01. The topological polar surface area (TPSA) is 0 Å². The molecule has 0 fully saturated rings. The number of unbranched alkanes of at least 4 members (excludes halogenated alkanes) is 2. The molecule has 0 unspecified atom stereocenters. The minimum atomic E-state index is 0.500. The Hall–Kier alpha value is 0. The monoisotopic (exact) mass is 188 g/mol. The highest BCUT2D eigenvalue weighted by atomic mass is 14.0. The van der Waals surface area contributed by atoms with E-state index in [1.807, 2.05) is 0 Å². The first-order chi connectivity index (χ1) is 5.83. The maximum Gasteiger partial charge on any atom is -0.0411 e. The second-order valence-corrected chi connectivity index (χ2v) is 5.00. The number of hydrogen-bond donors (Lipinski definition) is 0. The van der Waals surface area contributed by atoms with Gasteiger partial charge in [0.25, 0.3) is 0 Å². The summed E-state index contributed by atoms with van der Waals surface area (Å²) < 4.78 is 0. The SMILES string of the molecule is CC(C)(C)C.CCCC.CCCC. The molecular weight excluding hydrogens is 156 g/mol. The van der Waals surface area contributed by atoms with Crippen LogP contribution >= 0.6 is 0 Å². The fourth-order valence-corrected chi connectivity index (χ4v) is 0. The molecule has 0 heteroatoms. The van der Waals surface area contributed by atoms with Crippen LogP contribution in [-0.2, 0) is 0 Å². The molecule has 0 bridgehead atoms. The third kappa shape index (κ3) is 300. The molecule has 0 aliphatic rings. The van der Waals surface area contributed by atoms with Gasteiger partial charge < -0.3 is 0 Å². The van der Waals surface area contributed by atoms with Crippen molar-refractivity contribution in [1.82, 2.24) is 0 Å². The second kappa shape index (κ2) is 14.5. The molecule has 13 heavy (non-hydrogen) atoms. The van der Waals surface area contributed by atoms with Crippen molar-refractivity contribution in [3.8, 4) is 0 Å². The average molecular weight is 188 g/mol. The Morgan fingerprint density at radius 3 is 0.615 bits per heavy atom. The first-order valence-electron chi connectivity index (χ1n) is 5.83. The predicted octanol–water partition coefficient (Wildman–Crippen LogP) is 5.67. The van der Waals surface area contributed by atoms with Crippen LogP contribution in [0, 0.1) is 5.41 Å². The zero-order chi connectivity index (χ0) is 11.3. The van der Waals surface area contributed by atoms with Crippen LogP contribution in [0.4, 0.5) is 0 Å². The summed E-state index contributed by atoms with van der Waals surface area (Å²) in [4.78, 5) is 0. The van der Waals surface area contributed by atoms with Crippen LogP contribution in [-0.4, -0.2) is 0 Å². The molecule has 0 amide bonds. The molecule has 0 aliphatic carbocycles. The van der Waals surface area contributed by atoms with Gasteiger partial charge in [-0.25, -0.2) is 0 Å². The van der Waals surface area contributed by atoms with Gasteiger partial charge in [0, 0.05) is 0 Å². The summed E-state index contributed by atoms with van der Waals surface area (Å²) in [6.45, 7) is 17.5. The van der Waals surface area contributed by atoms with Crippen molar-refractivity contribution in [2.45, 2.75) is 81.1 Å². The van der Waals surface area contributed by atoms with Crippen LogP contribution in [0.1, 0.15) is 81.1 Å². The fraction of sp³-hybridized carbons (Fsp3) is 1.00. The van der Waals surface area contributed by atoms with E-state index in [0.29, 0.717) is 5.41 Å². The van der Waals surface area contributed by atoms with E-state index in [4.69, 9.17) is 0 Å². The van der Waals surface area contributed by atoms with Crippen molar-refractivity contribution in [2.75, 3.05) is 0 Å². The lowest BCUT2D eigenvalue weighted by molar-refractivity contribution is 0.469. The summed E-state index contributed by atoms with van der Waals surface area (Å²) in [5.74, 6) is 0. The van der Waals surface area contributed by atoms with Gasteiger partial charge in [0.1, 0.15) is 0 Å². The van der Waals surface area contributed by atoms with Gasteiger partial charge in [0.2, 0.25) is 0 Å². The normalized spacial score (nSPS) is 9.23. The van der Waals surface area contributed by atoms with E-state index in [1.165, 1.54) is 25.7 Å². The zero-order valence-corrected chi connectivity index (χ0v) is 11.3. The van der Waals surface area contributed by atoms with Crippen molar-refractivity contribution >= 4 is 0 Å². The Morgan fingerprint density at radius 2 is 0.615 bits per heavy atom. The summed E-state index contributed by atoms with van der Waals surface area (Å²) in [6, 6.07) is 0. The second-order valence-electron chi connectivity index (χ2n) is 5.00. The van der Waals surface area contributed by atoms with Crippen LogP contribution in [0.3, 0.4) is 0 Å². The standard InChI is InChI=1S/C5H12.2C4H10/c1-5(2,3)4;2*1-3-4-2/h1-4H3;2*3-4H2,1-2H3. The fourth-order valence-electron chi connectivity index (χ4n) is 0. The summed E-state index contributed by atoms with van der Waals surface area (Å²) in [5.41, 5.74) is 0.500. The molecule has 0 heterocycles. The third-order valence-corrected chi connectivity index (χ3v) is 1.000. The maximum atomic E-state index is 2.19.